The van der Waals surface area contributed by atoms with Crippen molar-refractivity contribution in [3.63, 3.8) is 0 Å². The fourth-order valence-electron chi connectivity index (χ4n) is 3.83. The van der Waals surface area contributed by atoms with Crippen molar-refractivity contribution in [2.45, 2.75) is 64.8 Å². The molecule has 88 valence electrons. The summed E-state index contributed by atoms with van der Waals surface area (Å²) in [7, 11) is 0. The summed E-state index contributed by atoms with van der Waals surface area (Å²) in [5.41, 5.74) is 6.26. The van der Waals surface area contributed by atoms with Crippen LogP contribution in [0.5, 0.6) is 0 Å². The number of fused-ring (bicyclic) bond motifs is 2. The van der Waals surface area contributed by atoms with Gasteiger partial charge in [-0.05, 0) is 55.8 Å². The molecule has 5 atom stereocenters. The number of hydrogen-bond donors (Lipinski definition) is 1. The molecule has 0 aromatic heterocycles. The maximum atomic E-state index is 6.26. The number of rotatable bonds is 5. The molecule has 2 N–H and O–H groups in total. The molecule has 0 aromatic carbocycles. The first-order valence-electron chi connectivity index (χ1n) is 6.94. The summed E-state index contributed by atoms with van der Waals surface area (Å²) in [6.45, 7) is 4.61. The predicted octanol–water partition coefficient (Wildman–Crippen LogP) is 3.58. The van der Waals surface area contributed by atoms with Gasteiger partial charge in [-0.2, -0.15) is 0 Å². The van der Waals surface area contributed by atoms with Crippen molar-refractivity contribution in [3.05, 3.63) is 0 Å². The van der Waals surface area contributed by atoms with Gasteiger partial charge in [0.15, 0.2) is 0 Å². The molecule has 2 aliphatic rings. The van der Waals surface area contributed by atoms with Crippen LogP contribution >= 0.6 is 0 Å². The molecule has 0 amide bonds. The van der Waals surface area contributed by atoms with Crippen molar-refractivity contribution in [1.29, 1.82) is 0 Å². The summed E-state index contributed by atoms with van der Waals surface area (Å²) >= 11 is 0. The highest BCUT2D eigenvalue weighted by Gasteiger charge is 2.39. The summed E-state index contributed by atoms with van der Waals surface area (Å²) in [5.74, 6) is 3.94. The van der Waals surface area contributed by atoms with Gasteiger partial charge < -0.3 is 5.73 Å². The Bertz CT molecular complexity index is 202. The highest BCUT2D eigenvalue weighted by atomic mass is 14.6. The van der Waals surface area contributed by atoms with Gasteiger partial charge >= 0.3 is 0 Å². The second kappa shape index (κ2) is 4.86. The Morgan fingerprint density at radius 3 is 2.60 bits per heavy atom. The first-order valence-corrected chi connectivity index (χ1v) is 6.94. The second-order valence-corrected chi connectivity index (χ2v) is 6.18. The molecule has 2 rings (SSSR count). The lowest BCUT2D eigenvalue weighted by Crippen LogP contribution is -2.27. The van der Waals surface area contributed by atoms with Crippen molar-refractivity contribution in [2.75, 3.05) is 0 Å². The maximum absolute atomic E-state index is 6.26. The van der Waals surface area contributed by atoms with E-state index in [0.717, 1.165) is 23.7 Å². The zero-order chi connectivity index (χ0) is 10.8. The molecule has 0 spiro atoms. The van der Waals surface area contributed by atoms with Crippen LogP contribution in [-0.2, 0) is 0 Å². The average molecular weight is 209 g/mol. The Morgan fingerprint density at radius 2 is 2.07 bits per heavy atom. The molecule has 5 unspecified atom stereocenters. The van der Waals surface area contributed by atoms with Crippen LogP contribution in [0.1, 0.15) is 58.8 Å². The Hall–Kier alpha value is -0.0400. The zero-order valence-corrected chi connectivity index (χ0v) is 10.4. The molecule has 0 radical (unpaired) electrons. The summed E-state index contributed by atoms with van der Waals surface area (Å²) in [6, 6.07) is 0.476. The van der Waals surface area contributed by atoms with Crippen molar-refractivity contribution in [2.24, 2.45) is 29.4 Å². The SMILES string of the molecule is CCC(C)CC(N)CC1CC2CCC1C2. The van der Waals surface area contributed by atoms with E-state index >= 15 is 0 Å². The molecule has 15 heavy (non-hydrogen) atoms. The molecule has 0 aromatic rings. The van der Waals surface area contributed by atoms with Crippen molar-refractivity contribution < 1.29 is 0 Å². The second-order valence-electron chi connectivity index (χ2n) is 6.18. The van der Waals surface area contributed by atoms with Crippen LogP contribution in [-0.4, -0.2) is 6.04 Å². The summed E-state index contributed by atoms with van der Waals surface area (Å²) in [6.07, 6.45) is 9.88. The van der Waals surface area contributed by atoms with Gasteiger partial charge in [0.25, 0.3) is 0 Å². The maximum Gasteiger partial charge on any atom is 0.00441 e. The van der Waals surface area contributed by atoms with E-state index in [2.05, 4.69) is 13.8 Å². The largest absolute Gasteiger partial charge is 0.328 e. The fraction of sp³-hybridized carbons (Fsp3) is 1.00. The first-order chi connectivity index (χ1) is 7.19. The molecule has 1 nitrogen and oxygen atoms in total. The van der Waals surface area contributed by atoms with Gasteiger partial charge in [-0.15, -0.1) is 0 Å². The zero-order valence-electron chi connectivity index (χ0n) is 10.4. The van der Waals surface area contributed by atoms with Crippen LogP contribution in [0.3, 0.4) is 0 Å². The van der Waals surface area contributed by atoms with Gasteiger partial charge in [0.2, 0.25) is 0 Å². The minimum absolute atomic E-state index is 0.476. The fourth-order valence-corrected chi connectivity index (χ4v) is 3.83. The third kappa shape index (κ3) is 2.75. The van der Waals surface area contributed by atoms with Crippen molar-refractivity contribution in [3.8, 4) is 0 Å². The molecule has 0 aliphatic heterocycles. The van der Waals surface area contributed by atoms with Crippen molar-refractivity contribution in [1.82, 2.24) is 0 Å². The lowest BCUT2D eigenvalue weighted by atomic mass is 9.82. The van der Waals surface area contributed by atoms with Gasteiger partial charge in [-0.3, -0.25) is 0 Å². The normalized spacial score (nSPS) is 38.2. The van der Waals surface area contributed by atoms with Gasteiger partial charge in [0, 0.05) is 6.04 Å². The predicted molar refractivity (Wildman–Crippen MR) is 65.6 cm³/mol. The van der Waals surface area contributed by atoms with E-state index in [1.807, 2.05) is 0 Å². The third-order valence-corrected chi connectivity index (χ3v) is 4.89. The van der Waals surface area contributed by atoms with Crippen LogP contribution in [0.15, 0.2) is 0 Å². The van der Waals surface area contributed by atoms with E-state index in [1.54, 1.807) is 0 Å². The van der Waals surface area contributed by atoms with Crippen molar-refractivity contribution >= 4 is 0 Å². The van der Waals surface area contributed by atoms with Crippen LogP contribution < -0.4 is 5.73 Å². The Labute approximate surface area is 94.8 Å². The van der Waals surface area contributed by atoms with Crippen LogP contribution in [0.4, 0.5) is 0 Å². The topological polar surface area (TPSA) is 26.0 Å². The van der Waals surface area contributed by atoms with E-state index < -0.39 is 0 Å². The van der Waals surface area contributed by atoms with Gasteiger partial charge in [0.1, 0.15) is 0 Å². The van der Waals surface area contributed by atoms with Crippen LogP contribution in [0.2, 0.25) is 0 Å². The Kier molecular flexibility index (Phi) is 3.71. The lowest BCUT2D eigenvalue weighted by molar-refractivity contribution is 0.279. The molecule has 2 saturated carbocycles. The minimum Gasteiger partial charge on any atom is -0.328 e. The molecular weight excluding hydrogens is 182 g/mol. The van der Waals surface area contributed by atoms with E-state index in [9.17, 15) is 0 Å². The van der Waals surface area contributed by atoms with E-state index in [4.69, 9.17) is 5.73 Å². The number of nitrogens with two attached hydrogens (primary N) is 1. The van der Waals surface area contributed by atoms with Gasteiger partial charge in [-0.1, -0.05) is 26.7 Å². The monoisotopic (exact) mass is 209 g/mol. The molecule has 1 heteroatoms. The Morgan fingerprint density at radius 1 is 1.27 bits per heavy atom. The molecule has 2 bridgehead atoms. The molecular formula is C14H27N. The molecule has 2 aliphatic carbocycles. The molecule has 0 saturated heterocycles. The van der Waals surface area contributed by atoms with E-state index in [1.165, 1.54) is 44.9 Å². The summed E-state index contributed by atoms with van der Waals surface area (Å²) in [5, 5.41) is 0. The highest BCUT2D eigenvalue weighted by Crippen LogP contribution is 2.49. The van der Waals surface area contributed by atoms with Crippen LogP contribution in [0, 0.1) is 23.7 Å². The smallest absolute Gasteiger partial charge is 0.00441 e. The average Bonchev–Trinajstić information content (AvgIpc) is 2.78. The molecule has 2 fully saturated rings. The minimum atomic E-state index is 0.476. The summed E-state index contributed by atoms with van der Waals surface area (Å²) < 4.78 is 0. The Balaban J connectivity index is 1.72. The summed E-state index contributed by atoms with van der Waals surface area (Å²) in [4.78, 5) is 0. The molecule has 0 heterocycles. The lowest BCUT2D eigenvalue weighted by Gasteiger charge is -2.25. The highest BCUT2D eigenvalue weighted by molar-refractivity contribution is 4.91. The third-order valence-electron chi connectivity index (χ3n) is 4.89. The van der Waals surface area contributed by atoms with E-state index in [-0.39, 0.29) is 0 Å². The standard InChI is InChI=1S/C14H27N/c1-3-10(2)6-14(15)9-13-8-11-4-5-12(13)7-11/h10-14H,3-9,15H2,1-2H3. The number of hydrogen-bond acceptors (Lipinski definition) is 1. The van der Waals surface area contributed by atoms with Gasteiger partial charge in [0.05, 0.1) is 0 Å². The first kappa shape index (κ1) is 11.4. The van der Waals surface area contributed by atoms with E-state index in [0.29, 0.717) is 6.04 Å². The van der Waals surface area contributed by atoms with Crippen LogP contribution in [0.25, 0.3) is 0 Å². The quantitative estimate of drug-likeness (QED) is 0.736. The van der Waals surface area contributed by atoms with Gasteiger partial charge in [-0.25, -0.2) is 0 Å².